The first-order valence-electron chi connectivity index (χ1n) is 7.78. The first-order chi connectivity index (χ1) is 12.0. The summed E-state index contributed by atoms with van der Waals surface area (Å²) in [6.07, 6.45) is 0.420. The van der Waals surface area contributed by atoms with Crippen molar-refractivity contribution in [2.45, 2.75) is 12.3 Å². The average Bonchev–Trinajstić information content (AvgIpc) is 2.99. The summed E-state index contributed by atoms with van der Waals surface area (Å²) in [5.74, 6) is -1.45. The summed E-state index contributed by atoms with van der Waals surface area (Å²) in [6, 6.07) is 14.9. The lowest BCUT2D eigenvalue weighted by molar-refractivity contribution is -0.122. The molecule has 3 aromatic rings. The monoisotopic (exact) mass is 400 g/mol. The highest BCUT2D eigenvalue weighted by atomic mass is 79.9. The van der Waals surface area contributed by atoms with E-state index in [2.05, 4.69) is 21.2 Å². The van der Waals surface area contributed by atoms with Gasteiger partial charge in [0.25, 0.3) is 5.91 Å². The maximum Gasteiger partial charge on any atom is 0.284 e. The maximum absolute atomic E-state index is 12.6. The van der Waals surface area contributed by atoms with Crippen molar-refractivity contribution in [1.82, 2.24) is 5.32 Å². The number of furan rings is 1. The molecule has 0 saturated heterocycles. The average molecular weight is 401 g/mol. The van der Waals surface area contributed by atoms with Crippen LogP contribution in [0.4, 0.5) is 0 Å². The fourth-order valence-electron chi connectivity index (χ4n) is 2.99. The minimum absolute atomic E-state index is 0.0322. The summed E-state index contributed by atoms with van der Waals surface area (Å²) in [5, 5.41) is 3.40. The first kappa shape index (κ1) is 17.2. The molecule has 0 spiro atoms. The lowest BCUT2D eigenvalue weighted by Gasteiger charge is -2.16. The van der Waals surface area contributed by atoms with Gasteiger partial charge >= 0.3 is 0 Å². The van der Waals surface area contributed by atoms with Gasteiger partial charge in [-0.15, -0.1) is 0 Å². The Morgan fingerprint density at radius 3 is 2.64 bits per heavy atom. The fraction of sp³-hybridized carbons (Fsp3) is 0.158. The number of halogens is 1. The van der Waals surface area contributed by atoms with Gasteiger partial charge < -0.3 is 15.5 Å². The molecule has 5 nitrogen and oxygen atoms in total. The van der Waals surface area contributed by atoms with Crippen molar-refractivity contribution in [3.63, 3.8) is 0 Å². The van der Waals surface area contributed by atoms with Gasteiger partial charge in [0, 0.05) is 22.5 Å². The Hall–Kier alpha value is -2.60. The summed E-state index contributed by atoms with van der Waals surface area (Å²) in [6.45, 7) is 0. The normalized spacial score (nSPS) is 12.1. The van der Waals surface area contributed by atoms with E-state index in [4.69, 9.17) is 10.2 Å². The van der Waals surface area contributed by atoms with Gasteiger partial charge in [0.05, 0.1) is 5.92 Å². The van der Waals surface area contributed by atoms with E-state index in [-0.39, 0.29) is 11.7 Å². The Bertz CT molecular complexity index is 949. The number of para-hydroxylation sites is 1. The van der Waals surface area contributed by atoms with E-state index in [1.807, 2.05) is 42.5 Å². The molecule has 1 atom stereocenters. The number of hydrogen-bond donors (Lipinski definition) is 2. The molecule has 0 fully saturated rings. The van der Waals surface area contributed by atoms with Gasteiger partial charge in [-0.05, 0) is 30.2 Å². The van der Waals surface area contributed by atoms with Crippen LogP contribution in [-0.4, -0.2) is 18.9 Å². The Labute approximate surface area is 153 Å². The maximum atomic E-state index is 12.6. The number of likely N-dealkylation sites (N-methyl/N-ethyl adjacent to an activating group) is 1. The van der Waals surface area contributed by atoms with Crippen molar-refractivity contribution in [1.29, 1.82) is 0 Å². The minimum atomic E-state index is -0.686. The molecule has 1 heterocycles. The smallest absolute Gasteiger partial charge is 0.284 e. The van der Waals surface area contributed by atoms with Crippen molar-refractivity contribution < 1.29 is 14.0 Å². The van der Waals surface area contributed by atoms with Gasteiger partial charge in [-0.2, -0.15) is 0 Å². The second-order valence-electron chi connectivity index (χ2n) is 5.71. The van der Waals surface area contributed by atoms with Crippen LogP contribution >= 0.6 is 15.9 Å². The molecule has 0 radical (unpaired) electrons. The minimum Gasteiger partial charge on any atom is -0.451 e. The number of rotatable bonds is 5. The van der Waals surface area contributed by atoms with Crippen LogP contribution in [0.2, 0.25) is 0 Å². The van der Waals surface area contributed by atoms with E-state index in [1.165, 1.54) is 0 Å². The quantitative estimate of drug-likeness (QED) is 0.688. The van der Waals surface area contributed by atoms with Crippen molar-refractivity contribution in [2.75, 3.05) is 7.05 Å². The largest absolute Gasteiger partial charge is 0.451 e. The topological polar surface area (TPSA) is 85.3 Å². The predicted molar refractivity (Wildman–Crippen MR) is 99.4 cm³/mol. The third-order valence-corrected chi connectivity index (χ3v) is 4.59. The number of primary amides is 1. The molecule has 25 heavy (non-hydrogen) atoms. The van der Waals surface area contributed by atoms with Crippen molar-refractivity contribution in [3.8, 4) is 0 Å². The third-order valence-electron chi connectivity index (χ3n) is 4.10. The molecule has 1 aromatic heterocycles. The lowest BCUT2D eigenvalue weighted by Crippen LogP contribution is -2.29. The van der Waals surface area contributed by atoms with Crippen LogP contribution in [0.15, 0.2) is 57.4 Å². The SMILES string of the molecule is CNC(=O)C(Cc1cccc(Br)c1)c1c(C(N)=O)oc2ccccc12. The molecule has 0 aliphatic rings. The van der Waals surface area contributed by atoms with Crippen LogP contribution in [-0.2, 0) is 11.2 Å². The van der Waals surface area contributed by atoms with Gasteiger partial charge in [0.2, 0.25) is 5.91 Å². The highest BCUT2D eigenvalue weighted by Crippen LogP contribution is 2.34. The van der Waals surface area contributed by atoms with Crippen molar-refractivity contribution >= 4 is 38.7 Å². The Morgan fingerprint density at radius 1 is 1.20 bits per heavy atom. The first-order valence-corrected chi connectivity index (χ1v) is 8.58. The highest BCUT2D eigenvalue weighted by Gasteiger charge is 2.30. The van der Waals surface area contributed by atoms with Gasteiger partial charge in [-0.25, -0.2) is 0 Å². The molecule has 0 saturated carbocycles. The third kappa shape index (κ3) is 3.44. The van der Waals surface area contributed by atoms with Crippen LogP contribution in [0.25, 0.3) is 11.0 Å². The number of hydrogen-bond acceptors (Lipinski definition) is 3. The van der Waals surface area contributed by atoms with Crippen molar-refractivity contribution in [3.05, 3.63) is 69.9 Å². The summed E-state index contributed by atoms with van der Waals surface area (Å²) in [7, 11) is 1.57. The molecular formula is C19H17BrN2O3. The van der Waals surface area contributed by atoms with E-state index >= 15 is 0 Å². The summed E-state index contributed by atoms with van der Waals surface area (Å²) in [4.78, 5) is 24.5. The molecule has 128 valence electrons. The molecule has 1 unspecified atom stereocenters. The lowest BCUT2D eigenvalue weighted by atomic mass is 9.89. The van der Waals surface area contributed by atoms with Crippen LogP contribution in [0.5, 0.6) is 0 Å². The second-order valence-corrected chi connectivity index (χ2v) is 6.62. The molecule has 0 bridgehead atoms. The van der Waals surface area contributed by atoms with Crippen LogP contribution in [0.3, 0.4) is 0 Å². The van der Waals surface area contributed by atoms with Gasteiger partial charge in [0.15, 0.2) is 5.76 Å². The fourth-order valence-corrected chi connectivity index (χ4v) is 3.44. The van der Waals surface area contributed by atoms with Crippen LogP contribution in [0, 0.1) is 0 Å². The summed E-state index contributed by atoms with van der Waals surface area (Å²) >= 11 is 3.44. The Balaban J connectivity index is 2.16. The molecule has 0 aliphatic carbocycles. The molecule has 3 N–H and O–H groups in total. The van der Waals surface area contributed by atoms with E-state index in [1.54, 1.807) is 13.1 Å². The zero-order valence-corrected chi connectivity index (χ0v) is 15.2. The number of nitrogens with two attached hydrogens (primary N) is 1. The van der Waals surface area contributed by atoms with Crippen molar-refractivity contribution in [2.24, 2.45) is 5.73 Å². The second kappa shape index (κ2) is 7.11. The van der Waals surface area contributed by atoms with E-state index < -0.39 is 11.8 Å². The van der Waals surface area contributed by atoms with E-state index in [0.29, 0.717) is 17.6 Å². The van der Waals surface area contributed by atoms with Gasteiger partial charge in [-0.1, -0.05) is 46.3 Å². The number of benzene rings is 2. The Kier molecular flexibility index (Phi) is 4.90. The zero-order chi connectivity index (χ0) is 18.0. The van der Waals surface area contributed by atoms with E-state index in [9.17, 15) is 9.59 Å². The molecule has 3 rings (SSSR count). The molecular weight excluding hydrogens is 384 g/mol. The molecule has 0 aliphatic heterocycles. The van der Waals surface area contributed by atoms with E-state index in [0.717, 1.165) is 15.4 Å². The van der Waals surface area contributed by atoms with Gasteiger partial charge in [0.1, 0.15) is 5.58 Å². The standard InChI is InChI=1S/C19H17BrN2O3/c1-22-19(24)14(10-11-5-4-6-12(20)9-11)16-13-7-2-3-8-15(13)25-17(16)18(21)23/h2-9,14H,10H2,1H3,(H2,21,23)(H,22,24). The number of carbonyl (C=O) groups is 2. The van der Waals surface area contributed by atoms with Gasteiger partial charge in [-0.3, -0.25) is 9.59 Å². The zero-order valence-electron chi connectivity index (χ0n) is 13.6. The number of amides is 2. The number of fused-ring (bicyclic) bond motifs is 1. The number of carbonyl (C=O) groups excluding carboxylic acids is 2. The number of nitrogens with one attached hydrogen (secondary N) is 1. The molecule has 6 heteroatoms. The summed E-state index contributed by atoms with van der Waals surface area (Å²) in [5.41, 5.74) is 7.53. The van der Waals surface area contributed by atoms with Crippen LogP contribution < -0.4 is 11.1 Å². The molecule has 2 aromatic carbocycles. The molecule has 2 amide bonds. The predicted octanol–water partition coefficient (Wildman–Crippen LogP) is 3.37. The summed E-state index contributed by atoms with van der Waals surface area (Å²) < 4.78 is 6.56. The van der Waals surface area contributed by atoms with Crippen LogP contribution in [0.1, 0.15) is 27.6 Å². The Morgan fingerprint density at radius 2 is 1.96 bits per heavy atom. The highest BCUT2D eigenvalue weighted by molar-refractivity contribution is 9.10.